The molecule has 0 aromatic carbocycles. The third kappa shape index (κ3) is 3.47. The summed E-state index contributed by atoms with van der Waals surface area (Å²) in [5.74, 6) is 0.0841. The van der Waals surface area contributed by atoms with E-state index in [0.29, 0.717) is 11.5 Å². The first-order chi connectivity index (χ1) is 8.29. The van der Waals surface area contributed by atoms with Crippen LogP contribution in [0.1, 0.15) is 59.8 Å². The summed E-state index contributed by atoms with van der Waals surface area (Å²) in [6, 6.07) is 0.0748. The summed E-state index contributed by atoms with van der Waals surface area (Å²) in [5.41, 5.74) is 0.432. The highest BCUT2D eigenvalue weighted by Gasteiger charge is 2.34. The van der Waals surface area contributed by atoms with Gasteiger partial charge in [0.15, 0.2) is 0 Å². The molecular formula is C15H29NO2. The van der Waals surface area contributed by atoms with Gasteiger partial charge in [-0.15, -0.1) is 0 Å². The van der Waals surface area contributed by atoms with E-state index in [0.717, 1.165) is 18.8 Å². The highest BCUT2D eigenvalue weighted by atomic mass is 16.4. The van der Waals surface area contributed by atoms with E-state index >= 15 is 0 Å². The van der Waals surface area contributed by atoms with Crippen LogP contribution in [-0.2, 0) is 4.79 Å². The van der Waals surface area contributed by atoms with Crippen molar-refractivity contribution < 1.29 is 9.90 Å². The second-order valence-electron chi connectivity index (χ2n) is 6.53. The number of nitrogens with zero attached hydrogens (tertiary/aromatic N) is 1. The molecule has 0 saturated heterocycles. The smallest absolute Gasteiger partial charge is 0.320 e. The van der Waals surface area contributed by atoms with Crippen LogP contribution >= 0.6 is 0 Å². The lowest BCUT2D eigenvalue weighted by Gasteiger charge is -2.42. The van der Waals surface area contributed by atoms with Crippen LogP contribution < -0.4 is 0 Å². The number of carboxylic acids is 1. The molecule has 0 bridgehead atoms. The molecule has 1 unspecified atom stereocenters. The van der Waals surface area contributed by atoms with Crippen molar-refractivity contribution in [3.8, 4) is 0 Å². The minimum atomic E-state index is -0.714. The van der Waals surface area contributed by atoms with E-state index in [1.807, 2.05) is 11.9 Å². The van der Waals surface area contributed by atoms with Crippen LogP contribution in [-0.4, -0.2) is 35.1 Å². The molecule has 0 aromatic rings. The lowest BCUT2D eigenvalue weighted by Crippen LogP contribution is -2.45. The summed E-state index contributed by atoms with van der Waals surface area (Å²) in [6.45, 7) is 8.78. The fraction of sp³-hybridized carbons (Fsp3) is 0.933. The Balaban J connectivity index is 2.51. The van der Waals surface area contributed by atoms with Crippen molar-refractivity contribution in [1.82, 2.24) is 4.90 Å². The van der Waals surface area contributed by atoms with Crippen molar-refractivity contribution in [1.29, 1.82) is 0 Å². The van der Waals surface area contributed by atoms with Crippen molar-refractivity contribution in [2.24, 2.45) is 11.3 Å². The van der Waals surface area contributed by atoms with Gasteiger partial charge in [0.05, 0.1) is 0 Å². The van der Waals surface area contributed by atoms with Crippen LogP contribution in [0.2, 0.25) is 0 Å². The molecule has 1 aliphatic rings. The van der Waals surface area contributed by atoms with Gasteiger partial charge in [-0.05, 0) is 51.0 Å². The predicted molar refractivity (Wildman–Crippen MR) is 74.7 cm³/mol. The number of hydrogen-bond donors (Lipinski definition) is 1. The molecule has 1 atom stereocenters. The Morgan fingerprint density at radius 2 is 1.83 bits per heavy atom. The number of rotatable bonds is 5. The zero-order valence-electron chi connectivity index (χ0n) is 12.6. The van der Waals surface area contributed by atoms with E-state index in [-0.39, 0.29) is 6.04 Å². The summed E-state index contributed by atoms with van der Waals surface area (Å²) < 4.78 is 0. The quantitative estimate of drug-likeness (QED) is 0.818. The zero-order chi connectivity index (χ0) is 13.9. The standard InChI is InChI=1S/C15H29NO2/c1-6-15(3,4)12-7-9-13(10-8-12)16(5)11(2)14(17)18/h11-13H,6-10H2,1-5H3,(H,17,18). The first-order valence-corrected chi connectivity index (χ1v) is 7.24. The van der Waals surface area contributed by atoms with E-state index < -0.39 is 5.97 Å². The molecule has 1 rings (SSSR count). The summed E-state index contributed by atoms with van der Waals surface area (Å²) in [7, 11) is 1.95. The highest BCUT2D eigenvalue weighted by molar-refractivity contribution is 5.72. The maximum Gasteiger partial charge on any atom is 0.320 e. The lowest BCUT2D eigenvalue weighted by atomic mass is 9.68. The largest absolute Gasteiger partial charge is 0.480 e. The number of aliphatic carboxylic acids is 1. The van der Waals surface area contributed by atoms with Crippen LogP contribution in [0.5, 0.6) is 0 Å². The number of carboxylic acid groups (broad SMARTS) is 1. The lowest BCUT2D eigenvalue weighted by molar-refractivity contribution is -0.143. The Kier molecular flexibility index (Phi) is 5.20. The Morgan fingerprint density at radius 3 is 2.22 bits per heavy atom. The Labute approximate surface area is 112 Å². The highest BCUT2D eigenvalue weighted by Crippen LogP contribution is 2.41. The molecular weight excluding hydrogens is 226 g/mol. The Bertz CT molecular complexity index is 280. The molecule has 1 aliphatic carbocycles. The van der Waals surface area contributed by atoms with Crippen LogP contribution in [0, 0.1) is 11.3 Å². The van der Waals surface area contributed by atoms with Crippen molar-refractivity contribution in [2.45, 2.75) is 71.9 Å². The van der Waals surface area contributed by atoms with Crippen LogP contribution in [0.15, 0.2) is 0 Å². The first kappa shape index (κ1) is 15.5. The van der Waals surface area contributed by atoms with Crippen LogP contribution in [0.3, 0.4) is 0 Å². The molecule has 1 fully saturated rings. The minimum Gasteiger partial charge on any atom is -0.480 e. The van der Waals surface area contributed by atoms with E-state index in [1.165, 1.54) is 19.3 Å². The Morgan fingerprint density at radius 1 is 1.33 bits per heavy atom. The maximum atomic E-state index is 11.0. The molecule has 0 heterocycles. The molecule has 1 saturated carbocycles. The molecule has 0 radical (unpaired) electrons. The average Bonchev–Trinajstić information content (AvgIpc) is 2.37. The molecule has 0 amide bonds. The van der Waals surface area contributed by atoms with Gasteiger partial charge in [0.25, 0.3) is 0 Å². The Hall–Kier alpha value is -0.570. The summed E-state index contributed by atoms with van der Waals surface area (Å²) in [4.78, 5) is 13.1. The monoisotopic (exact) mass is 255 g/mol. The molecule has 0 spiro atoms. The van der Waals surface area contributed by atoms with Gasteiger partial charge in [0.2, 0.25) is 0 Å². The number of carbonyl (C=O) groups is 1. The first-order valence-electron chi connectivity index (χ1n) is 7.24. The van der Waals surface area contributed by atoms with Gasteiger partial charge in [0, 0.05) is 6.04 Å². The second kappa shape index (κ2) is 6.05. The summed E-state index contributed by atoms with van der Waals surface area (Å²) in [5, 5.41) is 9.06. The van der Waals surface area contributed by atoms with Crippen molar-refractivity contribution >= 4 is 5.97 Å². The van der Waals surface area contributed by atoms with E-state index in [9.17, 15) is 4.79 Å². The zero-order valence-corrected chi connectivity index (χ0v) is 12.6. The van der Waals surface area contributed by atoms with Gasteiger partial charge in [-0.3, -0.25) is 9.69 Å². The van der Waals surface area contributed by atoms with E-state index in [1.54, 1.807) is 6.92 Å². The average molecular weight is 255 g/mol. The molecule has 18 heavy (non-hydrogen) atoms. The fourth-order valence-electron chi connectivity index (χ4n) is 3.04. The van der Waals surface area contributed by atoms with Crippen molar-refractivity contribution in [3.63, 3.8) is 0 Å². The number of likely N-dealkylation sites (N-methyl/N-ethyl adjacent to an activating group) is 1. The summed E-state index contributed by atoms with van der Waals surface area (Å²) >= 11 is 0. The molecule has 3 heteroatoms. The fourth-order valence-corrected chi connectivity index (χ4v) is 3.04. The molecule has 1 N–H and O–H groups in total. The normalized spacial score (nSPS) is 27.2. The van der Waals surface area contributed by atoms with Gasteiger partial charge in [0.1, 0.15) is 6.04 Å². The molecule has 0 aliphatic heterocycles. The summed E-state index contributed by atoms with van der Waals surface area (Å²) in [6.07, 6.45) is 5.98. The van der Waals surface area contributed by atoms with Crippen LogP contribution in [0.4, 0.5) is 0 Å². The van der Waals surface area contributed by atoms with E-state index in [4.69, 9.17) is 5.11 Å². The molecule has 3 nitrogen and oxygen atoms in total. The van der Waals surface area contributed by atoms with E-state index in [2.05, 4.69) is 20.8 Å². The second-order valence-corrected chi connectivity index (χ2v) is 6.53. The topological polar surface area (TPSA) is 40.5 Å². The van der Waals surface area contributed by atoms with Gasteiger partial charge in [-0.2, -0.15) is 0 Å². The van der Waals surface area contributed by atoms with Gasteiger partial charge in [-0.1, -0.05) is 27.2 Å². The predicted octanol–water partition coefficient (Wildman–Crippen LogP) is 3.39. The third-order valence-corrected chi connectivity index (χ3v) is 5.26. The van der Waals surface area contributed by atoms with Gasteiger partial charge in [-0.25, -0.2) is 0 Å². The SMILES string of the molecule is CCC(C)(C)C1CCC(N(C)C(C)C(=O)O)CC1. The number of hydrogen-bond acceptors (Lipinski definition) is 2. The minimum absolute atomic E-state index is 0.370. The maximum absolute atomic E-state index is 11.0. The molecule has 106 valence electrons. The van der Waals surface area contributed by atoms with Crippen molar-refractivity contribution in [2.75, 3.05) is 7.05 Å². The van der Waals surface area contributed by atoms with Gasteiger partial charge >= 0.3 is 5.97 Å². The van der Waals surface area contributed by atoms with Crippen molar-refractivity contribution in [3.05, 3.63) is 0 Å². The third-order valence-electron chi connectivity index (χ3n) is 5.26. The molecule has 0 aromatic heterocycles. The van der Waals surface area contributed by atoms with Crippen LogP contribution in [0.25, 0.3) is 0 Å². The van der Waals surface area contributed by atoms with Gasteiger partial charge < -0.3 is 5.11 Å².